The van der Waals surface area contributed by atoms with Gasteiger partial charge in [0.1, 0.15) is 0 Å². The van der Waals surface area contributed by atoms with E-state index in [1.54, 1.807) is 0 Å². The Morgan fingerprint density at radius 2 is 2.11 bits per heavy atom. The minimum absolute atomic E-state index is 0.0924. The van der Waals surface area contributed by atoms with E-state index >= 15 is 0 Å². The summed E-state index contributed by atoms with van der Waals surface area (Å²) in [5.41, 5.74) is 0.536. The highest BCUT2D eigenvalue weighted by Gasteiger charge is 2.14. The van der Waals surface area contributed by atoms with Crippen LogP contribution in [0.15, 0.2) is 18.2 Å². The number of hydrogen-bond acceptors (Lipinski definition) is 2. The van der Waals surface area contributed by atoms with Crippen molar-refractivity contribution in [3.05, 3.63) is 28.8 Å². The van der Waals surface area contributed by atoms with E-state index in [4.69, 9.17) is 16.7 Å². The smallest absolute Gasteiger partial charge is 0.335 e. The molecule has 0 aliphatic carbocycles. The summed E-state index contributed by atoms with van der Waals surface area (Å²) < 4.78 is 0. The Morgan fingerprint density at radius 3 is 2.61 bits per heavy atom. The summed E-state index contributed by atoms with van der Waals surface area (Å²) in [6.07, 6.45) is 1.73. The van der Waals surface area contributed by atoms with Crippen LogP contribution < -0.4 is 5.32 Å². The van der Waals surface area contributed by atoms with Crippen molar-refractivity contribution in [3.8, 4) is 0 Å². The third-order valence-corrected chi connectivity index (χ3v) is 2.96. The van der Waals surface area contributed by atoms with Gasteiger partial charge < -0.3 is 10.4 Å². The number of amides is 1. The van der Waals surface area contributed by atoms with Crippen LogP contribution in [0.5, 0.6) is 0 Å². The average molecular weight is 270 g/mol. The second-order valence-electron chi connectivity index (χ2n) is 4.18. The van der Waals surface area contributed by atoms with Crippen molar-refractivity contribution in [2.24, 2.45) is 5.92 Å². The second kappa shape index (κ2) is 6.40. The van der Waals surface area contributed by atoms with E-state index in [9.17, 15) is 9.59 Å². The fourth-order valence-electron chi connectivity index (χ4n) is 1.57. The highest BCUT2D eigenvalue weighted by Crippen LogP contribution is 2.24. The minimum Gasteiger partial charge on any atom is -0.478 e. The molecule has 5 heteroatoms. The van der Waals surface area contributed by atoms with E-state index in [0.29, 0.717) is 5.69 Å². The summed E-state index contributed by atoms with van der Waals surface area (Å²) in [6.45, 7) is 3.86. The van der Waals surface area contributed by atoms with Gasteiger partial charge in [0, 0.05) is 5.92 Å². The van der Waals surface area contributed by atoms with Gasteiger partial charge in [0.15, 0.2) is 0 Å². The van der Waals surface area contributed by atoms with E-state index in [-0.39, 0.29) is 22.4 Å². The van der Waals surface area contributed by atoms with Crippen molar-refractivity contribution < 1.29 is 14.7 Å². The molecule has 1 amide bonds. The van der Waals surface area contributed by atoms with Gasteiger partial charge in [0.05, 0.1) is 16.3 Å². The Bertz CT molecular complexity index is 460. The molecule has 1 rings (SSSR count). The van der Waals surface area contributed by atoms with Crippen molar-refractivity contribution >= 4 is 29.2 Å². The second-order valence-corrected chi connectivity index (χ2v) is 4.59. The molecule has 1 unspecified atom stereocenters. The van der Waals surface area contributed by atoms with Gasteiger partial charge in [0.25, 0.3) is 0 Å². The van der Waals surface area contributed by atoms with E-state index in [2.05, 4.69) is 5.32 Å². The topological polar surface area (TPSA) is 66.4 Å². The molecule has 0 saturated carbocycles. The fraction of sp³-hybridized carbons (Fsp3) is 0.385. The summed E-state index contributed by atoms with van der Waals surface area (Å²) in [5, 5.41) is 11.7. The van der Waals surface area contributed by atoms with E-state index < -0.39 is 5.97 Å². The molecule has 0 aromatic heterocycles. The predicted octanol–water partition coefficient (Wildman–Crippen LogP) is 3.41. The molecule has 0 aliphatic heterocycles. The van der Waals surface area contributed by atoms with Crippen LogP contribution >= 0.6 is 11.6 Å². The maximum absolute atomic E-state index is 11.8. The van der Waals surface area contributed by atoms with Gasteiger partial charge in [0.2, 0.25) is 5.91 Å². The lowest BCUT2D eigenvalue weighted by atomic mass is 10.1. The molecular formula is C13H16ClNO3. The fourth-order valence-corrected chi connectivity index (χ4v) is 1.80. The molecule has 4 nitrogen and oxygen atoms in total. The van der Waals surface area contributed by atoms with Crippen LogP contribution in [0.3, 0.4) is 0 Å². The molecule has 0 saturated heterocycles. The average Bonchev–Trinajstić information content (AvgIpc) is 2.31. The number of carbonyl (C=O) groups is 2. The standard InChI is InChI=1S/C13H16ClNO3/c1-3-4-8(2)12(16)15-11-6-5-9(13(17)18)7-10(11)14/h5-8H,3-4H2,1-2H3,(H,15,16)(H,17,18). The molecule has 1 atom stereocenters. The lowest BCUT2D eigenvalue weighted by Gasteiger charge is -2.12. The normalized spacial score (nSPS) is 11.9. The van der Waals surface area contributed by atoms with Gasteiger partial charge in [-0.25, -0.2) is 4.79 Å². The first-order valence-corrected chi connectivity index (χ1v) is 6.17. The molecule has 0 spiro atoms. The Morgan fingerprint density at radius 1 is 1.44 bits per heavy atom. The summed E-state index contributed by atoms with van der Waals surface area (Å²) >= 11 is 5.92. The van der Waals surface area contributed by atoms with E-state index in [1.165, 1.54) is 18.2 Å². The monoisotopic (exact) mass is 269 g/mol. The Hall–Kier alpha value is -1.55. The van der Waals surface area contributed by atoms with Crippen LogP contribution in [-0.4, -0.2) is 17.0 Å². The first kappa shape index (κ1) is 14.5. The summed E-state index contributed by atoms with van der Waals surface area (Å²) in [7, 11) is 0. The molecule has 0 aliphatic rings. The number of carbonyl (C=O) groups excluding carboxylic acids is 1. The zero-order valence-corrected chi connectivity index (χ0v) is 11.1. The minimum atomic E-state index is -1.05. The van der Waals surface area contributed by atoms with Crippen LogP contribution in [-0.2, 0) is 4.79 Å². The van der Waals surface area contributed by atoms with Gasteiger partial charge in [-0.1, -0.05) is 31.9 Å². The molecule has 0 radical (unpaired) electrons. The number of hydrogen-bond donors (Lipinski definition) is 2. The number of halogens is 1. The summed E-state index contributed by atoms with van der Waals surface area (Å²) in [6, 6.07) is 4.24. The van der Waals surface area contributed by atoms with Crippen LogP contribution in [0.25, 0.3) is 0 Å². The number of carboxylic acids is 1. The summed E-state index contributed by atoms with van der Waals surface area (Å²) in [5.74, 6) is -1.25. The first-order valence-electron chi connectivity index (χ1n) is 5.79. The molecule has 1 aromatic rings. The van der Waals surface area contributed by atoms with Crippen molar-refractivity contribution in [3.63, 3.8) is 0 Å². The predicted molar refractivity (Wildman–Crippen MR) is 71.1 cm³/mol. The quantitative estimate of drug-likeness (QED) is 0.861. The highest BCUT2D eigenvalue weighted by atomic mass is 35.5. The molecule has 0 fully saturated rings. The number of carboxylic acid groups (broad SMARTS) is 1. The van der Waals surface area contributed by atoms with Crippen LogP contribution in [0.2, 0.25) is 5.02 Å². The van der Waals surface area contributed by atoms with Gasteiger partial charge in [-0.05, 0) is 24.6 Å². The molecule has 2 N–H and O–H groups in total. The zero-order valence-electron chi connectivity index (χ0n) is 10.4. The third-order valence-electron chi connectivity index (χ3n) is 2.64. The number of benzene rings is 1. The van der Waals surface area contributed by atoms with Gasteiger partial charge >= 0.3 is 5.97 Å². The van der Waals surface area contributed by atoms with Gasteiger partial charge in [-0.3, -0.25) is 4.79 Å². The molecule has 18 heavy (non-hydrogen) atoms. The Labute approximate surface area is 111 Å². The van der Waals surface area contributed by atoms with Crippen LogP contribution in [0, 0.1) is 5.92 Å². The highest BCUT2D eigenvalue weighted by molar-refractivity contribution is 6.34. The molecule has 98 valence electrons. The molecule has 1 aromatic carbocycles. The zero-order chi connectivity index (χ0) is 13.7. The largest absolute Gasteiger partial charge is 0.478 e. The van der Waals surface area contributed by atoms with Crippen molar-refractivity contribution in [1.29, 1.82) is 0 Å². The van der Waals surface area contributed by atoms with E-state index in [1.807, 2.05) is 13.8 Å². The van der Waals surface area contributed by atoms with Crippen molar-refractivity contribution in [2.75, 3.05) is 5.32 Å². The Kier molecular flexibility index (Phi) is 5.16. The third kappa shape index (κ3) is 3.74. The summed E-state index contributed by atoms with van der Waals surface area (Å²) in [4.78, 5) is 22.5. The number of aromatic carboxylic acids is 1. The first-order chi connectivity index (χ1) is 8.45. The van der Waals surface area contributed by atoms with Gasteiger partial charge in [-0.2, -0.15) is 0 Å². The lowest BCUT2D eigenvalue weighted by molar-refractivity contribution is -0.119. The maximum atomic E-state index is 11.8. The SMILES string of the molecule is CCCC(C)C(=O)Nc1ccc(C(=O)O)cc1Cl. The number of rotatable bonds is 5. The lowest BCUT2D eigenvalue weighted by Crippen LogP contribution is -2.20. The molecule has 0 heterocycles. The maximum Gasteiger partial charge on any atom is 0.335 e. The molecule has 0 bridgehead atoms. The van der Waals surface area contributed by atoms with E-state index in [0.717, 1.165) is 12.8 Å². The number of nitrogens with one attached hydrogen (secondary N) is 1. The Balaban J connectivity index is 2.79. The van der Waals surface area contributed by atoms with Crippen LogP contribution in [0.4, 0.5) is 5.69 Å². The number of anilines is 1. The van der Waals surface area contributed by atoms with Crippen LogP contribution in [0.1, 0.15) is 37.0 Å². The van der Waals surface area contributed by atoms with Crippen molar-refractivity contribution in [1.82, 2.24) is 0 Å². The molecular weight excluding hydrogens is 254 g/mol. The van der Waals surface area contributed by atoms with Gasteiger partial charge in [-0.15, -0.1) is 0 Å². The van der Waals surface area contributed by atoms with Crippen molar-refractivity contribution in [2.45, 2.75) is 26.7 Å².